The van der Waals surface area contributed by atoms with E-state index in [-0.39, 0.29) is 10.7 Å². The second kappa shape index (κ2) is 5.13. The molecule has 0 saturated heterocycles. The van der Waals surface area contributed by atoms with Gasteiger partial charge in [0.25, 0.3) is 0 Å². The van der Waals surface area contributed by atoms with E-state index in [0.29, 0.717) is 12.2 Å². The van der Waals surface area contributed by atoms with Crippen LogP contribution < -0.4 is 4.90 Å². The van der Waals surface area contributed by atoms with E-state index in [1.807, 2.05) is 17.0 Å². The van der Waals surface area contributed by atoms with E-state index >= 15 is 0 Å². The summed E-state index contributed by atoms with van der Waals surface area (Å²) < 4.78 is 0. The van der Waals surface area contributed by atoms with E-state index in [0.717, 1.165) is 13.0 Å². The molecule has 0 atom stereocenters. The third-order valence-electron chi connectivity index (χ3n) is 3.62. The second-order valence-electron chi connectivity index (χ2n) is 4.80. The van der Waals surface area contributed by atoms with E-state index in [9.17, 15) is 10.1 Å². The first-order valence-electron chi connectivity index (χ1n) is 6.41. The van der Waals surface area contributed by atoms with Crippen LogP contribution >= 0.6 is 11.6 Å². The second-order valence-corrected chi connectivity index (χ2v) is 5.21. The number of halogens is 1. The van der Waals surface area contributed by atoms with Gasteiger partial charge in [-0.25, -0.2) is 0 Å². The van der Waals surface area contributed by atoms with Crippen molar-refractivity contribution in [3.63, 3.8) is 0 Å². The predicted octanol–water partition coefficient (Wildman–Crippen LogP) is 3.81. The van der Waals surface area contributed by atoms with Gasteiger partial charge in [0, 0.05) is 13.1 Å². The normalized spacial score (nSPS) is 13.9. The molecular weight excluding hydrogens is 276 g/mol. The molecule has 3 rings (SSSR count). The number of anilines is 1. The summed E-state index contributed by atoms with van der Waals surface area (Å²) in [6.07, 6.45) is 0.889. The van der Waals surface area contributed by atoms with E-state index < -0.39 is 4.92 Å². The van der Waals surface area contributed by atoms with Crippen LogP contribution in [0.5, 0.6) is 0 Å². The molecule has 0 amide bonds. The van der Waals surface area contributed by atoms with Gasteiger partial charge in [-0.15, -0.1) is 0 Å². The van der Waals surface area contributed by atoms with Gasteiger partial charge in [-0.3, -0.25) is 10.1 Å². The smallest absolute Gasteiger partial charge is 0.310 e. The zero-order valence-electron chi connectivity index (χ0n) is 10.8. The average molecular weight is 289 g/mol. The first kappa shape index (κ1) is 12.9. The molecule has 0 saturated carbocycles. The predicted molar refractivity (Wildman–Crippen MR) is 79.3 cm³/mol. The maximum Gasteiger partial charge on any atom is 0.310 e. The fourth-order valence-electron chi connectivity index (χ4n) is 2.64. The number of nitro benzene ring substituents is 1. The van der Waals surface area contributed by atoms with Gasteiger partial charge in [0.1, 0.15) is 10.7 Å². The molecule has 102 valence electrons. The fraction of sp³-hybridized carbons (Fsp3) is 0.200. The van der Waals surface area contributed by atoms with Crippen molar-refractivity contribution in [2.75, 3.05) is 11.4 Å². The Morgan fingerprint density at radius 3 is 2.60 bits per heavy atom. The van der Waals surface area contributed by atoms with Crippen LogP contribution in [-0.4, -0.2) is 11.5 Å². The van der Waals surface area contributed by atoms with Gasteiger partial charge >= 0.3 is 5.69 Å². The SMILES string of the molecule is O=[N+]([O-])c1c(Cl)cccc1N1CCc2ccccc2C1. The van der Waals surface area contributed by atoms with Gasteiger partial charge in [-0.05, 0) is 29.7 Å². The van der Waals surface area contributed by atoms with Crippen molar-refractivity contribution in [2.24, 2.45) is 0 Å². The lowest BCUT2D eigenvalue weighted by Crippen LogP contribution is -2.30. The van der Waals surface area contributed by atoms with Crippen LogP contribution in [0.25, 0.3) is 0 Å². The minimum absolute atomic E-state index is 0.00597. The van der Waals surface area contributed by atoms with E-state index in [4.69, 9.17) is 11.6 Å². The third-order valence-corrected chi connectivity index (χ3v) is 3.92. The van der Waals surface area contributed by atoms with Crippen molar-refractivity contribution in [3.8, 4) is 0 Å². The summed E-state index contributed by atoms with van der Waals surface area (Å²) in [5.41, 5.74) is 3.12. The lowest BCUT2D eigenvalue weighted by atomic mass is 9.99. The molecule has 1 aliphatic heterocycles. The van der Waals surface area contributed by atoms with Crippen molar-refractivity contribution in [3.05, 3.63) is 68.7 Å². The Bertz CT molecular complexity index is 673. The van der Waals surface area contributed by atoms with Gasteiger partial charge in [0.2, 0.25) is 0 Å². The summed E-state index contributed by atoms with van der Waals surface area (Å²) in [5.74, 6) is 0. The number of para-hydroxylation sites is 1. The fourth-order valence-corrected chi connectivity index (χ4v) is 2.88. The van der Waals surface area contributed by atoms with Crippen molar-refractivity contribution in [1.82, 2.24) is 0 Å². The highest BCUT2D eigenvalue weighted by Gasteiger charge is 2.25. The first-order valence-corrected chi connectivity index (χ1v) is 6.79. The van der Waals surface area contributed by atoms with Gasteiger partial charge in [0.15, 0.2) is 0 Å². The van der Waals surface area contributed by atoms with E-state index in [2.05, 4.69) is 12.1 Å². The summed E-state index contributed by atoms with van der Waals surface area (Å²) >= 11 is 5.98. The molecule has 5 heteroatoms. The Kier molecular flexibility index (Phi) is 3.32. The molecule has 0 aliphatic carbocycles. The van der Waals surface area contributed by atoms with Crippen LogP contribution in [0.15, 0.2) is 42.5 Å². The molecule has 2 aromatic rings. The quantitative estimate of drug-likeness (QED) is 0.623. The number of hydrogen-bond acceptors (Lipinski definition) is 3. The summed E-state index contributed by atoms with van der Waals surface area (Å²) in [7, 11) is 0. The van der Waals surface area contributed by atoms with Gasteiger partial charge in [0.05, 0.1) is 4.92 Å². The van der Waals surface area contributed by atoms with E-state index in [1.165, 1.54) is 11.1 Å². The topological polar surface area (TPSA) is 46.4 Å². The highest BCUT2D eigenvalue weighted by atomic mass is 35.5. The summed E-state index contributed by atoms with van der Waals surface area (Å²) in [5, 5.41) is 11.4. The molecule has 0 bridgehead atoms. The molecule has 0 aromatic heterocycles. The van der Waals surface area contributed by atoms with Crippen LogP contribution in [0, 0.1) is 10.1 Å². The molecule has 0 N–H and O–H groups in total. The Morgan fingerprint density at radius 1 is 1.10 bits per heavy atom. The van der Waals surface area contributed by atoms with Crippen molar-refractivity contribution in [2.45, 2.75) is 13.0 Å². The first-order chi connectivity index (χ1) is 9.66. The van der Waals surface area contributed by atoms with E-state index in [1.54, 1.807) is 18.2 Å². The molecule has 2 aromatic carbocycles. The number of hydrogen-bond donors (Lipinski definition) is 0. The zero-order valence-corrected chi connectivity index (χ0v) is 11.5. The molecule has 1 heterocycles. The number of rotatable bonds is 2. The monoisotopic (exact) mass is 288 g/mol. The van der Waals surface area contributed by atoms with Gasteiger partial charge in [-0.1, -0.05) is 41.9 Å². The van der Waals surface area contributed by atoms with Crippen LogP contribution in [0.4, 0.5) is 11.4 Å². The standard InChI is InChI=1S/C15H13ClN2O2/c16-13-6-3-7-14(15(13)18(19)20)17-9-8-11-4-1-2-5-12(11)10-17/h1-7H,8-10H2. The molecule has 0 radical (unpaired) electrons. The van der Waals surface area contributed by atoms with Gasteiger partial charge in [-0.2, -0.15) is 0 Å². The lowest BCUT2D eigenvalue weighted by molar-refractivity contribution is -0.384. The van der Waals surface area contributed by atoms with Crippen molar-refractivity contribution >= 4 is 23.0 Å². The minimum Gasteiger partial charge on any atom is -0.361 e. The van der Waals surface area contributed by atoms with Crippen LogP contribution in [0.3, 0.4) is 0 Å². The molecule has 1 aliphatic rings. The molecule has 0 unspecified atom stereocenters. The molecule has 0 spiro atoms. The number of nitro groups is 1. The zero-order chi connectivity index (χ0) is 14.1. The Hall–Kier alpha value is -2.07. The minimum atomic E-state index is -0.405. The van der Waals surface area contributed by atoms with Gasteiger partial charge < -0.3 is 4.90 Å². The Balaban J connectivity index is 2.00. The maximum absolute atomic E-state index is 11.2. The number of fused-ring (bicyclic) bond motifs is 1. The van der Waals surface area contributed by atoms with Crippen molar-refractivity contribution < 1.29 is 4.92 Å². The lowest BCUT2D eigenvalue weighted by Gasteiger charge is -2.30. The molecule has 20 heavy (non-hydrogen) atoms. The highest BCUT2D eigenvalue weighted by Crippen LogP contribution is 2.37. The molecular formula is C15H13ClN2O2. The third kappa shape index (κ3) is 2.23. The average Bonchev–Trinajstić information content (AvgIpc) is 2.46. The maximum atomic E-state index is 11.2. The summed E-state index contributed by atoms with van der Waals surface area (Å²) in [4.78, 5) is 12.8. The van der Waals surface area contributed by atoms with Crippen LogP contribution in [0.2, 0.25) is 5.02 Å². The largest absolute Gasteiger partial charge is 0.361 e. The Morgan fingerprint density at radius 2 is 1.85 bits per heavy atom. The molecule has 0 fully saturated rings. The summed E-state index contributed by atoms with van der Waals surface area (Å²) in [6, 6.07) is 13.3. The van der Waals surface area contributed by atoms with Crippen molar-refractivity contribution in [1.29, 1.82) is 0 Å². The Labute approximate surface area is 121 Å². The summed E-state index contributed by atoms with van der Waals surface area (Å²) in [6.45, 7) is 1.44. The molecule has 4 nitrogen and oxygen atoms in total. The van der Waals surface area contributed by atoms with Crippen LogP contribution in [-0.2, 0) is 13.0 Å². The van der Waals surface area contributed by atoms with Crippen LogP contribution in [0.1, 0.15) is 11.1 Å². The highest BCUT2D eigenvalue weighted by molar-refractivity contribution is 6.33. The number of benzene rings is 2. The number of nitrogens with zero attached hydrogens (tertiary/aromatic N) is 2.